The smallest absolute Gasteiger partial charge is 0.193 e. The molecule has 0 aromatic heterocycles. The molecule has 0 bridgehead atoms. The average molecular weight is 464 g/mol. The van der Waals surface area contributed by atoms with Gasteiger partial charge in [0, 0.05) is 32.7 Å². The van der Waals surface area contributed by atoms with Gasteiger partial charge in [0.1, 0.15) is 0 Å². The van der Waals surface area contributed by atoms with E-state index in [2.05, 4.69) is 20.1 Å². The highest BCUT2D eigenvalue weighted by molar-refractivity contribution is 14.0. The van der Waals surface area contributed by atoms with Crippen LogP contribution in [0.5, 0.6) is 0 Å². The molecule has 3 aliphatic rings. The van der Waals surface area contributed by atoms with Crippen molar-refractivity contribution >= 4 is 29.9 Å². The standard InChI is InChI=1S/C19H36N4O.HI/c1-20-19(21-11-15-24-18-8-4-2-3-5-9-18)23-14-10-17(16-23)22-12-6-7-13-22;/h17-18H,2-16H2,1H3,(H,20,21);1H. The summed E-state index contributed by atoms with van der Waals surface area (Å²) in [7, 11) is 1.90. The fourth-order valence-electron chi connectivity index (χ4n) is 4.47. The van der Waals surface area contributed by atoms with Crippen LogP contribution in [0.15, 0.2) is 4.99 Å². The Hall–Kier alpha value is -0.0800. The van der Waals surface area contributed by atoms with Crippen molar-refractivity contribution in [2.45, 2.75) is 69.9 Å². The maximum Gasteiger partial charge on any atom is 0.193 e. The topological polar surface area (TPSA) is 40.1 Å². The molecule has 1 unspecified atom stereocenters. The Morgan fingerprint density at radius 2 is 1.72 bits per heavy atom. The number of likely N-dealkylation sites (tertiary alicyclic amines) is 2. The van der Waals surface area contributed by atoms with E-state index in [1.54, 1.807) is 0 Å². The van der Waals surface area contributed by atoms with Crippen LogP contribution in [0.3, 0.4) is 0 Å². The summed E-state index contributed by atoms with van der Waals surface area (Å²) in [5, 5.41) is 3.51. The van der Waals surface area contributed by atoms with Crippen LogP contribution in [0.4, 0.5) is 0 Å². The fraction of sp³-hybridized carbons (Fsp3) is 0.947. The first-order chi connectivity index (χ1) is 11.9. The van der Waals surface area contributed by atoms with Crippen molar-refractivity contribution in [2.24, 2.45) is 4.99 Å². The first-order valence-corrected chi connectivity index (χ1v) is 10.2. The number of hydrogen-bond acceptors (Lipinski definition) is 3. The van der Waals surface area contributed by atoms with Gasteiger partial charge >= 0.3 is 0 Å². The lowest BCUT2D eigenvalue weighted by atomic mass is 10.1. The molecule has 1 aliphatic carbocycles. The van der Waals surface area contributed by atoms with E-state index in [1.165, 1.54) is 70.9 Å². The molecule has 1 saturated carbocycles. The van der Waals surface area contributed by atoms with Crippen LogP contribution in [-0.2, 0) is 4.74 Å². The van der Waals surface area contributed by atoms with E-state index in [4.69, 9.17) is 4.74 Å². The van der Waals surface area contributed by atoms with Crippen molar-refractivity contribution in [1.29, 1.82) is 0 Å². The normalized spacial score (nSPS) is 26.5. The summed E-state index contributed by atoms with van der Waals surface area (Å²) in [5.74, 6) is 1.06. The van der Waals surface area contributed by atoms with E-state index in [0.717, 1.165) is 38.2 Å². The molecule has 2 aliphatic heterocycles. The second-order valence-corrected chi connectivity index (χ2v) is 7.59. The van der Waals surface area contributed by atoms with Crippen molar-refractivity contribution < 1.29 is 4.74 Å². The molecule has 1 N–H and O–H groups in total. The lowest BCUT2D eigenvalue weighted by Crippen LogP contribution is -2.43. The van der Waals surface area contributed by atoms with Crippen LogP contribution in [0.25, 0.3) is 0 Å². The van der Waals surface area contributed by atoms with Crippen molar-refractivity contribution in [3.8, 4) is 0 Å². The zero-order chi connectivity index (χ0) is 16.6. The highest BCUT2D eigenvalue weighted by atomic mass is 127. The van der Waals surface area contributed by atoms with Crippen LogP contribution >= 0.6 is 24.0 Å². The second-order valence-electron chi connectivity index (χ2n) is 7.59. The molecule has 6 heteroatoms. The fourth-order valence-corrected chi connectivity index (χ4v) is 4.47. The van der Waals surface area contributed by atoms with E-state index in [1.807, 2.05) is 7.05 Å². The van der Waals surface area contributed by atoms with Crippen LogP contribution in [0.2, 0.25) is 0 Å². The average Bonchev–Trinajstić information content (AvgIpc) is 3.23. The second kappa shape index (κ2) is 11.6. The molecule has 25 heavy (non-hydrogen) atoms. The summed E-state index contributed by atoms with van der Waals surface area (Å²) in [4.78, 5) is 9.58. The zero-order valence-corrected chi connectivity index (χ0v) is 18.2. The number of rotatable bonds is 5. The molecular weight excluding hydrogens is 427 g/mol. The summed E-state index contributed by atoms with van der Waals surface area (Å²) >= 11 is 0. The molecular formula is C19H37IN4O. The SMILES string of the molecule is CN=C(NCCOC1CCCCCC1)N1CCC(N2CCCC2)C1.I. The van der Waals surface area contributed by atoms with Gasteiger partial charge in [-0.2, -0.15) is 0 Å². The number of nitrogens with one attached hydrogen (secondary N) is 1. The Morgan fingerprint density at radius 1 is 1.00 bits per heavy atom. The molecule has 0 aromatic rings. The predicted molar refractivity (Wildman–Crippen MR) is 115 cm³/mol. The number of aliphatic imine (C=N–C) groups is 1. The summed E-state index contributed by atoms with van der Waals surface area (Å²) < 4.78 is 6.08. The van der Waals surface area contributed by atoms with Gasteiger partial charge in [-0.15, -0.1) is 24.0 Å². The molecule has 3 rings (SSSR count). The largest absolute Gasteiger partial charge is 0.376 e. The zero-order valence-electron chi connectivity index (χ0n) is 15.9. The lowest BCUT2D eigenvalue weighted by Gasteiger charge is -2.25. The van der Waals surface area contributed by atoms with Gasteiger partial charge < -0.3 is 15.0 Å². The van der Waals surface area contributed by atoms with Crippen molar-refractivity contribution in [3.05, 3.63) is 0 Å². The first-order valence-electron chi connectivity index (χ1n) is 10.2. The van der Waals surface area contributed by atoms with Gasteiger partial charge in [-0.3, -0.25) is 9.89 Å². The van der Waals surface area contributed by atoms with Crippen LogP contribution < -0.4 is 5.32 Å². The van der Waals surface area contributed by atoms with Gasteiger partial charge in [0.05, 0.1) is 12.7 Å². The van der Waals surface area contributed by atoms with Crippen LogP contribution in [0.1, 0.15) is 57.8 Å². The Morgan fingerprint density at radius 3 is 2.40 bits per heavy atom. The summed E-state index contributed by atoms with van der Waals surface area (Å²) in [6.07, 6.45) is 12.5. The van der Waals surface area contributed by atoms with Crippen molar-refractivity contribution in [1.82, 2.24) is 15.1 Å². The van der Waals surface area contributed by atoms with Crippen molar-refractivity contribution in [2.75, 3.05) is 46.4 Å². The Balaban J connectivity index is 0.00000225. The van der Waals surface area contributed by atoms with Gasteiger partial charge in [0.2, 0.25) is 0 Å². The minimum atomic E-state index is 0. The molecule has 0 radical (unpaired) electrons. The van der Waals surface area contributed by atoms with Crippen molar-refractivity contribution in [3.63, 3.8) is 0 Å². The summed E-state index contributed by atoms with van der Waals surface area (Å²) in [5.41, 5.74) is 0. The molecule has 2 heterocycles. The maximum atomic E-state index is 6.08. The Bertz CT molecular complexity index is 393. The molecule has 0 aromatic carbocycles. The minimum absolute atomic E-state index is 0. The van der Waals surface area contributed by atoms with Gasteiger partial charge in [-0.05, 0) is 45.2 Å². The molecule has 5 nitrogen and oxygen atoms in total. The van der Waals surface area contributed by atoms with Crippen LogP contribution in [0, 0.1) is 0 Å². The van der Waals surface area contributed by atoms with Gasteiger partial charge in [0.25, 0.3) is 0 Å². The quantitative estimate of drug-likeness (QED) is 0.223. The molecule has 146 valence electrons. The van der Waals surface area contributed by atoms with E-state index < -0.39 is 0 Å². The van der Waals surface area contributed by atoms with Gasteiger partial charge in [-0.25, -0.2) is 0 Å². The number of guanidine groups is 1. The highest BCUT2D eigenvalue weighted by Crippen LogP contribution is 2.21. The maximum absolute atomic E-state index is 6.08. The molecule has 0 spiro atoms. The third kappa shape index (κ3) is 6.54. The summed E-state index contributed by atoms with van der Waals surface area (Å²) in [6.45, 7) is 6.51. The summed E-state index contributed by atoms with van der Waals surface area (Å²) in [6, 6.07) is 0.730. The van der Waals surface area contributed by atoms with E-state index in [0.29, 0.717) is 6.10 Å². The first kappa shape index (κ1) is 21.2. The number of nitrogens with zero attached hydrogens (tertiary/aromatic N) is 3. The number of halogens is 1. The molecule has 3 fully saturated rings. The van der Waals surface area contributed by atoms with E-state index in [-0.39, 0.29) is 24.0 Å². The molecule has 1 atom stereocenters. The highest BCUT2D eigenvalue weighted by Gasteiger charge is 2.30. The van der Waals surface area contributed by atoms with E-state index >= 15 is 0 Å². The number of hydrogen-bond donors (Lipinski definition) is 1. The van der Waals surface area contributed by atoms with Gasteiger partial charge in [0.15, 0.2) is 5.96 Å². The third-order valence-corrected chi connectivity index (χ3v) is 5.87. The molecule has 2 saturated heterocycles. The number of ether oxygens (including phenoxy) is 1. The third-order valence-electron chi connectivity index (χ3n) is 5.87. The van der Waals surface area contributed by atoms with E-state index in [9.17, 15) is 0 Å². The Labute approximate surface area is 171 Å². The minimum Gasteiger partial charge on any atom is -0.376 e. The Kier molecular flexibility index (Phi) is 9.84. The predicted octanol–water partition coefficient (Wildman–Crippen LogP) is 3.09. The van der Waals surface area contributed by atoms with Crippen LogP contribution in [-0.4, -0.2) is 74.3 Å². The molecule has 0 amide bonds. The monoisotopic (exact) mass is 464 g/mol. The lowest BCUT2D eigenvalue weighted by molar-refractivity contribution is 0.0466. The van der Waals surface area contributed by atoms with Gasteiger partial charge in [-0.1, -0.05) is 25.7 Å².